The monoisotopic (exact) mass is 240 g/mol. The zero-order valence-corrected chi connectivity index (χ0v) is 9.78. The summed E-state index contributed by atoms with van der Waals surface area (Å²) in [5, 5.41) is 0. The molecule has 0 bridgehead atoms. The third kappa shape index (κ3) is 4.82. The Balaban J connectivity index is 2.44. The van der Waals surface area contributed by atoms with E-state index in [2.05, 4.69) is 0 Å². The van der Waals surface area contributed by atoms with Gasteiger partial charge >= 0.3 is 0 Å². The van der Waals surface area contributed by atoms with Gasteiger partial charge in [0.1, 0.15) is 6.61 Å². The molecule has 1 aromatic carbocycles. The molecule has 0 aromatic heterocycles. The topological polar surface area (TPSA) is 78.3 Å². The van der Waals surface area contributed by atoms with E-state index >= 15 is 0 Å². The second-order valence-electron chi connectivity index (χ2n) is 4.01. The quantitative estimate of drug-likeness (QED) is 0.781. The molecule has 4 nitrogen and oxygen atoms in total. The van der Waals surface area contributed by atoms with E-state index in [1.807, 2.05) is 6.92 Å². The Labute approximate surface area is 99.7 Å². The minimum absolute atomic E-state index is 0.160. The molecule has 1 atom stereocenters. The van der Waals surface area contributed by atoms with Crippen molar-refractivity contribution in [3.8, 4) is 5.75 Å². The van der Waals surface area contributed by atoms with Gasteiger partial charge in [0.25, 0.3) is 0 Å². The molecule has 17 heavy (non-hydrogen) atoms. The molecule has 94 valence electrons. The molecule has 0 heterocycles. The van der Waals surface area contributed by atoms with Crippen molar-refractivity contribution in [2.45, 2.75) is 25.8 Å². The number of halogens is 1. The highest BCUT2D eigenvalue weighted by molar-refractivity contribution is 5.73. The van der Waals surface area contributed by atoms with Crippen molar-refractivity contribution in [3.05, 3.63) is 29.6 Å². The first kappa shape index (κ1) is 13.4. The number of primary amides is 1. The second-order valence-corrected chi connectivity index (χ2v) is 4.01. The molecule has 0 radical (unpaired) electrons. The molecule has 1 aromatic rings. The number of amides is 1. The SMILES string of the molecule is Cc1ccc(F)c(OCC(N)CCC(N)=O)c1. The van der Waals surface area contributed by atoms with E-state index in [4.69, 9.17) is 16.2 Å². The van der Waals surface area contributed by atoms with Crippen LogP contribution in [0.4, 0.5) is 4.39 Å². The summed E-state index contributed by atoms with van der Waals surface area (Å²) in [5.74, 6) is -0.639. The van der Waals surface area contributed by atoms with Crippen LogP contribution in [0, 0.1) is 12.7 Å². The van der Waals surface area contributed by atoms with E-state index < -0.39 is 11.7 Å². The normalized spacial score (nSPS) is 12.2. The Kier molecular flexibility index (Phi) is 4.90. The van der Waals surface area contributed by atoms with Gasteiger partial charge in [0.05, 0.1) is 0 Å². The fourth-order valence-electron chi connectivity index (χ4n) is 1.33. The molecular formula is C12H17FN2O2. The molecule has 0 aliphatic rings. The summed E-state index contributed by atoms with van der Waals surface area (Å²) < 4.78 is 18.6. The average molecular weight is 240 g/mol. The van der Waals surface area contributed by atoms with Crippen LogP contribution in [0.25, 0.3) is 0 Å². The first-order valence-corrected chi connectivity index (χ1v) is 5.42. The van der Waals surface area contributed by atoms with Crippen LogP contribution in [0.1, 0.15) is 18.4 Å². The average Bonchev–Trinajstić information content (AvgIpc) is 2.27. The van der Waals surface area contributed by atoms with Gasteiger partial charge in [-0.25, -0.2) is 4.39 Å². The Morgan fingerprint density at radius 1 is 1.53 bits per heavy atom. The summed E-state index contributed by atoms with van der Waals surface area (Å²) in [6.07, 6.45) is 0.642. The predicted molar refractivity (Wildman–Crippen MR) is 63.0 cm³/mol. The maximum Gasteiger partial charge on any atom is 0.217 e. The van der Waals surface area contributed by atoms with E-state index in [0.717, 1.165) is 5.56 Å². The number of nitrogens with two attached hydrogens (primary N) is 2. The zero-order valence-electron chi connectivity index (χ0n) is 9.78. The number of hydrogen-bond acceptors (Lipinski definition) is 3. The summed E-state index contributed by atoms with van der Waals surface area (Å²) >= 11 is 0. The van der Waals surface area contributed by atoms with Crippen LogP contribution >= 0.6 is 0 Å². The summed E-state index contributed by atoms with van der Waals surface area (Å²) in [7, 11) is 0. The van der Waals surface area contributed by atoms with E-state index in [1.165, 1.54) is 6.07 Å². The number of carbonyl (C=O) groups is 1. The minimum Gasteiger partial charge on any atom is -0.489 e. The van der Waals surface area contributed by atoms with Crippen LogP contribution in [0.15, 0.2) is 18.2 Å². The maximum absolute atomic E-state index is 13.3. The number of benzene rings is 1. The lowest BCUT2D eigenvalue weighted by molar-refractivity contribution is -0.118. The highest BCUT2D eigenvalue weighted by Gasteiger charge is 2.08. The Morgan fingerprint density at radius 3 is 2.88 bits per heavy atom. The molecule has 4 N–H and O–H groups in total. The lowest BCUT2D eigenvalue weighted by Gasteiger charge is -2.13. The van der Waals surface area contributed by atoms with Crippen molar-refractivity contribution in [1.82, 2.24) is 0 Å². The molecule has 0 spiro atoms. The van der Waals surface area contributed by atoms with Gasteiger partial charge in [-0.05, 0) is 31.0 Å². The molecule has 1 rings (SSSR count). The lowest BCUT2D eigenvalue weighted by Crippen LogP contribution is -2.29. The summed E-state index contributed by atoms with van der Waals surface area (Å²) in [6.45, 7) is 2.01. The number of hydrogen-bond donors (Lipinski definition) is 2. The lowest BCUT2D eigenvalue weighted by atomic mass is 10.2. The van der Waals surface area contributed by atoms with Gasteiger partial charge in [-0.15, -0.1) is 0 Å². The van der Waals surface area contributed by atoms with E-state index in [1.54, 1.807) is 12.1 Å². The standard InChI is InChI=1S/C12H17FN2O2/c1-8-2-4-10(13)11(6-8)17-7-9(14)3-5-12(15)16/h2,4,6,9H,3,5,7,14H2,1H3,(H2,15,16). The fraction of sp³-hybridized carbons (Fsp3) is 0.417. The van der Waals surface area contributed by atoms with Gasteiger partial charge in [0, 0.05) is 12.5 Å². The van der Waals surface area contributed by atoms with Crippen LogP contribution in [-0.2, 0) is 4.79 Å². The molecule has 0 aliphatic heterocycles. The van der Waals surface area contributed by atoms with Crippen molar-refractivity contribution in [2.75, 3.05) is 6.61 Å². The third-order valence-corrected chi connectivity index (χ3v) is 2.30. The number of rotatable bonds is 6. The highest BCUT2D eigenvalue weighted by atomic mass is 19.1. The molecule has 0 aliphatic carbocycles. The van der Waals surface area contributed by atoms with Crippen molar-refractivity contribution in [3.63, 3.8) is 0 Å². The van der Waals surface area contributed by atoms with Gasteiger partial charge in [-0.2, -0.15) is 0 Å². The van der Waals surface area contributed by atoms with Crippen LogP contribution in [0.2, 0.25) is 0 Å². The highest BCUT2D eigenvalue weighted by Crippen LogP contribution is 2.18. The molecule has 0 saturated carbocycles. The molecule has 1 unspecified atom stereocenters. The Bertz CT molecular complexity index is 396. The van der Waals surface area contributed by atoms with Crippen molar-refractivity contribution < 1.29 is 13.9 Å². The minimum atomic E-state index is -0.419. The molecule has 0 fully saturated rings. The third-order valence-electron chi connectivity index (χ3n) is 2.30. The largest absolute Gasteiger partial charge is 0.489 e. The van der Waals surface area contributed by atoms with Gasteiger partial charge in [0.2, 0.25) is 5.91 Å². The maximum atomic E-state index is 13.3. The summed E-state index contributed by atoms with van der Waals surface area (Å²) in [4.78, 5) is 10.5. The van der Waals surface area contributed by atoms with E-state index in [0.29, 0.717) is 6.42 Å². The fourth-order valence-corrected chi connectivity index (χ4v) is 1.33. The first-order valence-electron chi connectivity index (χ1n) is 5.42. The summed E-state index contributed by atoms with van der Waals surface area (Å²) in [6, 6.07) is 4.28. The van der Waals surface area contributed by atoms with Gasteiger partial charge in [0.15, 0.2) is 11.6 Å². The molecular weight excluding hydrogens is 223 g/mol. The molecule has 5 heteroatoms. The number of ether oxygens (including phenoxy) is 1. The first-order chi connectivity index (χ1) is 7.99. The van der Waals surface area contributed by atoms with Gasteiger partial charge < -0.3 is 16.2 Å². The van der Waals surface area contributed by atoms with Gasteiger partial charge in [-0.3, -0.25) is 4.79 Å². The molecule has 0 saturated heterocycles. The van der Waals surface area contributed by atoms with Crippen LogP contribution < -0.4 is 16.2 Å². The smallest absolute Gasteiger partial charge is 0.217 e. The van der Waals surface area contributed by atoms with Crippen molar-refractivity contribution in [1.29, 1.82) is 0 Å². The Hall–Kier alpha value is -1.62. The van der Waals surface area contributed by atoms with Crippen LogP contribution in [0.5, 0.6) is 5.75 Å². The Morgan fingerprint density at radius 2 is 2.24 bits per heavy atom. The van der Waals surface area contributed by atoms with Crippen molar-refractivity contribution >= 4 is 5.91 Å². The summed E-state index contributed by atoms with van der Waals surface area (Å²) in [5.41, 5.74) is 11.6. The number of carbonyl (C=O) groups excluding carboxylic acids is 1. The van der Waals surface area contributed by atoms with E-state index in [9.17, 15) is 9.18 Å². The van der Waals surface area contributed by atoms with Crippen LogP contribution in [0.3, 0.4) is 0 Å². The van der Waals surface area contributed by atoms with Crippen LogP contribution in [-0.4, -0.2) is 18.6 Å². The predicted octanol–water partition coefficient (Wildman–Crippen LogP) is 1.11. The molecule has 1 amide bonds. The van der Waals surface area contributed by atoms with E-state index in [-0.39, 0.29) is 24.8 Å². The second kappa shape index (κ2) is 6.20. The van der Waals surface area contributed by atoms with Gasteiger partial charge in [-0.1, -0.05) is 6.07 Å². The number of aryl methyl sites for hydroxylation is 1. The zero-order chi connectivity index (χ0) is 12.8. The van der Waals surface area contributed by atoms with Crippen molar-refractivity contribution in [2.24, 2.45) is 11.5 Å².